The SMILES string of the molecule is CC(C)(C)CCCCC(=O)CC(C)(C)C.CC(C)(C)CCCCCC(=O)CC(C)(C)C.CC(C)(C)CCCCCCC(=O)CC(C)(C)C.CC(C)(C)CCCCCCCC(=O)CC(C)(C)C.CN(C(=O)CCCCC(C)(C)C)C(C)(C)C.CN(C(=O)CCCCCC(C)(C)C)C(C)(C)C.CN(C(=O)CCCCCCC(C)(C)C)C(C)(C)C.CN(C(=O)CCCCCCCC(C)(C)C)C(C)(C)C. The minimum atomic E-state index is -0.0545. The topological polar surface area (TPSA) is 150 Å². The van der Waals surface area contributed by atoms with Crippen LogP contribution in [0.25, 0.3) is 0 Å². The summed E-state index contributed by atoms with van der Waals surface area (Å²) >= 11 is 0. The normalized spacial score (nSPS) is 12.7. The summed E-state index contributed by atoms with van der Waals surface area (Å²) in [6.45, 7) is 105. The van der Waals surface area contributed by atoms with E-state index in [-0.39, 0.29) is 67.4 Å². The number of hydrogen-bond acceptors (Lipinski definition) is 8. The molecule has 12 heteroatoms. The van der Waals surface area contributed by atoms with Gasteiger partial charge >= 0.3 is 0 Å². The summed E-state index contributed by atoms with van der Waals surface area (Å²) in [4.78, 5) is 102. The van der Waals surface area contributed by atoms with Crippen molar-refractivity contribution in [3.05, 3.63) is 0 Å². The van der Waals surface area contributed by atoms with Crippen molar-refractivity contribution in [2.45, 2.75) is 663 Å². The predicted molar refractivity (Wildman–Crippen MR) is 605 cm³/mol. The predicted octanol–water partition coefficient (Wildman–Crippen LogP) is 38.5. The molecule has 4 amide bonds. The third-order valence-electron chi connectivity index (χ3n) is 24.2. The van der Waals surface area contributed by atoms with E-state index >= 15 is 0 Å². The second-order valence-electron chi connectivity index (χ2n) is 60.0. The van der Waals surface area contributed by atoms with E-state index in [1.165, 1.54) is 173 Å². The average Bonchev–Trinajstić information content (AvgIpc) is 0.891. The quantitative estimate of drug-likeness (QED) is 0.0547. The van der Waals surface area contributed by atoms with Crippen molar-refractivity contribution in [1.82, 2.24) is 19.6 Å². The summed E-state index contributed by atoms with van der Waals surface area (Å²) in [7, 11) is 7.61. The highest BCUT2D eigenvalue weighted by Crippen LogP contribution is 2.33. The lowest BCUT2D eigenvalue weighted by Gasteiger charge is -2.32. The molecule has 0 aliphatic carbocycles. The largest absolute Gasteiger partial charge is 0.341 e. The fourth-order valence-electron chi connectivity index (χ4n) is 14.6. The van der Waals surface area contributed by atoms with Crippen LogP contribution in [0.4, 0.5) is 0 Å². The van der Waals surface area contributed by atoms with Gasteiger partial charge in [-0.1, -0.05) is 378 Å². The van der Waals surface area contributed by atoms with E-state index in [4.69, 9.17) is 0 Å². The van der Waals surface area contributed by atoms with E-state index in [0.717, 1.165) is 109 Å². The molecule has 0 atom stereocenters. The van der Waals surface area contributed by atoms with Crippen LogP contribution in [-0.4, -0.2) is 117 Å². The Morgan fingerprint density at radius 2 is 0.228 bits per heavy atom. The molecule has 0 heterocycles. The first-order valence-electron chi connectivity index (χ1n) is 55.7. The highest BCUT2D eigenvalue weighted by atomic mass is 16.2. The molecule has 0 aromatic heterocycles. The van der Waals surface area contributed by atoms with Gasteiger partial charge in [-0.25, -0.2) is 0 Å². The zero-order chi connectivity index (χ0) is 109. The van der Waals surface area contributed by atoms with Gasteiger partial charge in [-0.2, -0.15) is 0 Å². The zero-order valence-corrected chi connectivity index (χ0v) is 103. The van der Waals surface area contributed by atoms with Gasteiger partial charge in [0, 0.05) is 127 Å². The van der Waals surface area contributed by atoms with Crippen molar-refractivity contribution in [3.63, 3.8) is 0 Å². The summed E-state index contributed by atoms with van der Waals surface area (Å²) in [6, 6.07) is 0. The number of carbonyl (C=O) groups is 8. The molecular weight excluding hydrogens is 1670 g/mol. The third kappa shape index (κ3) is 125. The number of carbonyl (C=O) groups excluding carboxylic acids is 8. The minimum Gasteiger partial charge on any atom is -0.341 e. The van der Waals surface area contributed by atoms with Crippen molar-refractivity contribution >= 4 is 46.8 Å². The van der Waals surface area contributed by atoms with Crippen LogP contribution in [0.3, 0.4) is 0 Å². The number of hydrogen-bond donors (Lipinski definition) is 0. The fraction of sp³-hybridized carbons (Fsp3) is 0.935. The van der Waals surface area contributed by atoms with Crippen LogP contribution in [0, 0.1) is 65.0 Å². The first-order valence-corrected chi connectivity index (χ1v) is 55.7. The Labute approximate surface area is 855 Å². The second kappa shape index (κ2) is 71.9. The lowest BCUT2D eigenvalue weighted by Crippen LogP contribution is -2.42. The van der Waals surface area contributed by atoms with Crippen molar-refractivity contribution in [1.29, 1.82) is 0 Å². The Morgan fingerprint density at radius 3 is 0.353 bits per heavy atom. The van der Waals surface area contributed by atoms with Crippen molar-refractivity contribution in [3.8, 4) is 0 Å². The van der Waals surface area contributed by atoms with Gasteiger partial charge in [0.05, 0.1) is 0 Å². The van der Waals surface area contributed by atoms with E-state index in [1.807, 2.05) is 47.8 Å². The molecule has 0 fully saturated rings. The monoisotopic (exact) mass is 1930 g/mol. The second-order valence-corrected chi connectivity index (χ2v) is 60.0. The molecule has 0 unspecified atom stereocenters. The minimum absolute atomic E-state index is 0.0518. The maximum Gasteiger partial charge on any atom is 0.222 e. The van der Waals surface area contributed by atoms with E-state index in [2.05, 4.69) is 332 Å². The van der Waals surface area contributed by atoms with Crippen LogP contribution in [0.5, 0.6) is 0 Å². The molecule has 0 saturated heterocycles. The first kappa shape index (κ1) is 148. The van der Waals surface area contributed by atoms with Crippen LogP contribution in [0.2, 0.25) is 0 Å². The Hall–Kier alpha value is -3.44. The molecule has 0 radical (unpaired) electrons. The highest BCUT2D eigenvalue weighted by molar-refractivity contribution is 5.81. The van der Waals surface area contributed by atoms with Gasteiger partial charge in [0.1, 0.15) is 23.1 Å². The maximum absolute atomic E-state index is 11.9. The van der Waals surface area contributed by atoms with Gasteiger partial charge in [-0.05, 0) is 251 Å². The lowest BCUT2D eigenvalue weighted by molar-refractivity contribution is -0.135. The van der Waals surface area contributed by atoms with Crippen molar-refractivity contribution in [2.24, 2.45) is 65.0 Å². The van der Waals surface area contributed by atoms with Crippen molar-refractivity contribution in [2.75, 3.05) is 28.2 Å². The molecule has 12 nitrogen and oxygen atoms in total. The maximum atomic E-state index is 11.9. The van der Waals surface area contributed by atoms with Crippen LogP contribution in [0.1, 0.15) is 641 Å². The Morgan fingerprint density at radius 1 is 0.132 bits per heavy atom. The summed E-state index contributed by atoms with van der Waals surface area (Å²) in [5.74, 6) is 2.83. The summed E-state index contributed by atoms with van der Waals surface area (Å²) in [6.07, 6.45) is 52.3. The Balaban J connectivity index is -0.000000230. The van der Waals surface area contributed by atoms with Gasteiger partial charge in [-0.3, -0.25) is 38.4 Å². The number of ketones is 4. The lowest BCUT2D eigenvalue weighted by atomic mass is 9.87. The molecular formula is C124H252N4O8. The van der Waals surface area contributed by atoms with E-state index < -0.39 is 0 Å². The number of amides is 4. The standard InChI is InChI=1S/C17H35NO.C17H34O.C16H33NO.C16H32O.C15H31NO.C15H30O.C14H29NO.C14H28O/c1-16(2,3)14-12-10-8-9-11-13-15(19)18(7)17(4,5)6;1-16(2,3)13-11-9-7-8-10-12-15(18)14-17(4,5)6;1-15(2,3)13-11-9-8-10-12-14(18)17(7)16(4,5)6;1-15(2,3)12-10-8-7-9-11-14(17)13-16(4,5)6;1-14(2,3)12-10-8-9-11-13(17)16(7)15(4,5)6;1-14(2,3)11-9-7-8-10-13(16)12-15(4,5)6;1-13(2,3)11-9-8-10-12(16)15(7)14(4,5)6;1-13(2,3)10-8-7-9-12(15)11-14(4,5)6/h8-14H2,1-7H3;7-14H2,1-6H3;8-13H2,1-7H3;7-13H2,1-6H3;8-12H2,1-7H3;7-12H2,1-6H3;8-11H2,1-7H3;7-11H2,1-6H3. The third-order valence-corrected chi connectivity index (χ3v) is 24.2. The van der Waals surface area contributed by atoms with Gasteiger partial charge in [0.2, 0.25) is 23.6 Å². The Kier molecular flexibility index (Phi) is 78.2. The first-order chi connectivity index (χ1) is 60.6. The van der Waals surface area contributed by atoms with Gasteiger partial charge < -0.3 is 19.6 Å². The molecule has 0 aromatic rings. The van der Waals surface area contributed by atoms with Crippen LogP contribution in [0.15, 0.2) is 0 Å². The molecule has 0 bridgehead atoms. The average molecular weight is 1930 g/mol. The van der Waals surface area contributed by atoms with Gasteiger partial charge in [0.25, 0.3) is 0 Å². The molecule has 0 aliphatic rings. The molecule has 816 valence electrons. The summed E-state index contributed by atoms with van der Waals surface area (Å²) in [5, 5.41) is 0. The van der Waals surface area contributed by atoms with Gasteiger partial charge in [-0.15, -0.1) is 0 Å². The smallest absolute Gasteiger partial charge is 0.222 e. The van der Waals surface area contributed by atoms with Crippen LogP contribution >= 0.6 is 0 Å². The zero-order valence-electron chi connectivity index (χ0n) is 103. The summed E-state index contributed by atoms with van der Waals surface area (Å²) < 4.78 is 0. The van der Waals surface area contributed by atoms with Crippen LogP contribution in [-0.2, 0) is 38.4 Å². The molecule has 136 heavy (non-hydrogen) atoms. The molecule has 0 N–H and O–H groups in total. The summed E-state index contributed by atoms with van der Waals surface area (Å²) in [5.41, 5.74) is 3.92. The molecule has 0 rings (SSSR count). The van der Waals surface area contributed by atoms with Crippen molar-refractivity contribution < 1.29 is 38.4 Å². The molecule has 0 aliphatic heterocycles. The van der Waals surface area contributed by atoms with Gasteiger partial charge in [0.15, 0.2) is 0 Å². The molecule has 0 aromatic carbocycles. The number of unbranched alkanes of at least 4 members (excludes halogenated alkanes) is 20. The molecule has 0 spiro atoms. The number of nitrogens with zero attached hydrogens (tertiary/aromatic N) is 4. The van der Waals surface area contributed by atoms with E-state index in [1.54, 1.807) is 0 Å². The van der Waals surface area contributed by atoms with Crippen LogP contribution < -0.4 is 0 Å². The van der Waals surface area contributed by atoms with E-state index in [0.29, 0.717) is 92.1 Å². The highest BCUT2D eigenvalue weighted by Gasteiger charge is 2.28. The molecule has 0 saturated carbocycles. The number of Topliss-reactive ketones (excluding diaryl/α,β-unsaturated/α-hetero) is 4. The number of rotatable bonds is 48. The Bertz CT molecular complexity index is 3020. The fourth-order valence-corrected chi connectivity index (χ4v) is 14.6. The van der Waals surface area contributed by atoms with E-state index in [9.17, 15) is 38.4 Å².